The van der Waals surface area contributed by atoms with Crippen molar-refractivity contribution >= 4 is 18.0 Å². The number of carboxylic acids is 2. The Morgan fingerprint density at radius 2 is 1.79 bits per heavy atom. The highest BCUT2D eigenvalue weighted by molar-refractivity contribution is 5.83. The predicted molar refractivity (Wildman–Crippen MR) is 65.8 cm³/mol. The molecule has 0 aliphatic heterocycles. The Morgan fingerprint density at radius 3 is 2.16 bits per heavy atom. The number of urea groups is 1. The van der Waals surface area contributed by atoms with Crippen LogP contribution in [0.5, 0.6) is 0 Å². The van der Waals surface area contributed by atoms with Gasteiger partial charge in [0.05, 0.1) is 12.1 Å². The Hall–Kier alpha value is -1.83. The molecule has 0 fully saturated rings. The summed E-state index contributed by atoms with van der Waals surface area (Å²) in [4.78, 5) is 34.3. The van der Waals surface area contributed by atoms with E-state index in [0.29, 0.717) is 0 Å². The monoisotopic (exact) mass is 276 g/mol. The van der Waals surface area contributed by atoms with Gasteiger partial charge in [-0.15, -0.1) is 0 Å². The minimum Gasteiger partial charge on any atom is -0.481 e. The van der Waals surface area contributed by atoms with Crippen molar-refractivity contribution in [3.05, 3.63) is 0 Å². The Morgan fingerprint density at radius 1 is 1.26 bits per heavy atom. The van der Waals surface area contributed by atoms with Crippen LogP contribution in [-0.4, -0.2) is 63.4 Å². The van der Waals surface area contributed by atoms with Gasteiger partial charge in [0.1, 0.15) is 6.04 Å². The van der Waals surface area contributed by atoms with Crippen LogP contribution in [0.3, 0.4) is 0 Å². The maximum atomic E-state index is 11.8. The summed E-state index contributed by atoms with van der Waals surface area (Å²) in [6, 6.07) is -1.96. The summed E-state index contributed by atoms with van der Waals surface area (Å²) in [7, 11) is 1.42. The molecule has 0 bridgehead atoms. The molecule has 0 aromatic rings. The zero-order chi connectivity index (χ0) is 15.2. The van der Waals surface area contributed by atoms with E-state index in [-0.39, 0.29) is 19.4 Å². The Kier molecular flexibility index (Phi) is 6.26. The molecule has 8 heteroatoms. The maximum absolute atomic E-state index is 11.8. The molecule has 0 radical (unpaired) electrons. The highest BCUT2D eigenvalue weighted by Crippen LogP contribution is 2.11. The van der Waals surface area contributed by atoms with Gasteiger partial charge in [-0.25, -0.2) is 9.59 Å². The van der Waals surface area contributed by atoms with E-state index in [1.54, 1.807) is 13.8 Å². The van der Waals surface area contributed by atoms with Gasteiger partial charge in [0.2, 0.25) is 0 Å². The molecule has 0 rings (SSSR count). The first-order chi connectivity index (χ1) is 8.61. The molecule has 2 amide bonds. The molecule has 0 spiro atoms. The van der Waals surface area contributed by atoms with Crippen LogP contribution in [0, 0.1) is 0 Å². The molecule has 0 aromatic heterocycles. The molecule has 0 unspecified atom stereocenters. The predicted octanol–water partition coefficient (Wildman–Crippen LogP) is -0.283. The molecule has 0 aliphatic carbocycles. The van der Waals surface area contributed by atoms with Crippen molar-refractivity contribution in [2.45, 2.75) is 38.3 Å². The maximum Gasteiger partial charge on any atom is 0.326 e. The van der Waals surface area contributed by atoms with Gasteiger partial charge in [-0.2, -0.15) is 0 Å². The Labute approximate surface area is 111 Å². The van der Waals surface area contributed by atoms with E-state index >= 15 is 0 Å². The van der Waals surface area contributed by atoms with Crippen molar-refractivity contribution in [1.82, 2.24) is 10.2 Å². The number of aliphatic carboxylic acids is 2. The first-order valence-corrected chi connectivity index (χ1v) is 5.71. The van der Waals surface area contributed by atoms with E-state index in [2.05, 4.69) is 5.32 Å². The third kappa shape index (κ3) is 5.56. The summed E-state index contributed by atoms with van der Waals surface area (Å²) >= 11 is 0. The summed E-state index contributed by atoms with van der Waals surface area (Å²) in [6.45, 7) is 2.93. The molecule has 0 heterocycles. The summed E-state index contributed by atoms with van der Waals surface area (Å²) in [5.74, 6) is -2.44. The summed E-state index contributed by atoms with van der Waals surface area (Å²) in [5.41, 5.74) is -0.847. The van der Waals surface area contributed by atoms with Gasteiger partial charge in [-0.1, -0.05) is 0 Å². The van der Waals surface area contributed by atoms with E-state index in [4.69, 9.17) is 15.3 Å². The molecule has 4 N–H and O–H groups in total. The van der Waals surface area contributed by atoms with Crippen LogP contribution in [0.4, 0.5) is 4.79 Å². The second-order valence-electron chi connectivity index (χ2n) is 4.80. The number of aliphatic hydroxyl groups excluding tert-OH is 1. The van der Waals surface area contributed by atoms with E-state index in [1.165, 1.54) is 11.9 Å². The van der Waals surface area contributed by atoms with Gasteiger partial charge in [0.25, 0.3) is 0 Å². The number of carbonyl (C=O) groups is 3. The van der Waals surface area contributed by atoms with Crippen LogP contribution >= 0.6 is 0 Å². The average Bonchev–Trinajstić information content (AvgIpc) is 2.32. The van der Waals surface area contributed by atoms with Gasteiger partial charge in [-0.3, -0.25) is 4.79 Å². The number of aliphatic hydroxyl groups is 1. The second kappa shape index (κ2) is 6.93. The van der Waals surface area contributed by atoms with Crippen LogP contribution in [0.15, 0.2) is 0 Å². The molecule has 0 saturated heterocycles. The molecular formula is C11H20N2O6. The smallest absolute Gasteiger partial charge is 0.326 e. The number of carboxylic acid groups (broad SMARTS) is 2. The molecule has 0 aromatic carbocycles. The Bertz CT molecular complexity index is 355. The fourth-order valence-electron chi connectivity index (χ4n) is 1.15. The van der Waals surface area contributed by atoms with Crippen molar-refractivity contribution < 1.29 is 29.7 Å². The number of likely N-dealkylation sites (N-methyl/N-ethyl adjacent to an activating group) is 1. The number of nitrogens with one attached hydrogen (secondary N) is 1. The van der Waals surface area contributed by atoms with E-state index in [9.17, 15) is 14.4 Å². The summed E-state index contributed by atoms with van der Waals surface area (Å²) < 4.78 is 0. The minimum atomic E-state index is -1.30. The van der Waals surface area contributed by atoms with Crippen molar-refractivity contribution in [3.63, 3.8) is 0 Å². The van der Waals surface area contributed by atoms with Crippen LogP contribution in [0.25, 0.3) is 0 Å². The van der Waals surface area contributed by atoms with Crippen molar-refractivity contribution in [2.24, 2.45) is 0 Å². The number of rotatable bonds is 7. The van der Waals surface area contributed by atoms with Crippen molar-refractivity contribution in [1.29, 1.82) is 0 Å². The third-order valence-corrected chi connectivity index (χ3v) is 2.84. The van der Waals surface area contributed by atoms with Crippen LogP contribution < -0.4 is 5.32 Å². The number of carbonyl (C=O) groups excluding carboxylic acids is 1. The number of hydrogen-bond donors (Lipinski definition) is 4. The SMILES string of the molecule is CN(C(=O)N[C@@H](CCC(=O)O)C(=O)O)C(C)(C)CO. The highest BCUT2D eigenvalue weighted by atomic mass is 16.4. The molecular weight excluding hydrogens is 256 g/mol. The highest BCUT2D eigenvalue weighted by Gasteiger charge is 2.29. The van der Waals surface area contributed by atoms with Gasteiger partial charge >= 0.3 is 18.0 Å². The fraction of sp³-hybridized carbons (Fsp3) is 0.727. The number of nitrogens with zero attached hydrogens (tertiary/aromatic N) is 1. The standard InChI is InChI=1S/C11H20N2O6/c1-11(2,6-14)13(3)10(19)12-7(9(17)18)4-5-8(15)16/h7,14H,4-6H2,1-3H3,(H,12,19)(H,15,16)(H,17,18)/t7-/m0/s1. The van der Waals surface area contributed by atoms with Crippen molar-refractivity contribution in [2.75, 3.05) is 13.7 Å². The van der Waals surface area contributed by atoms with Gasteiger partial charge in [-0.05, 0) is 20.3 Å². The van der Waals surface area contributed by atoms with Gasteiger partial charge < -0.3 is 25.5 Å². The molecule has 8 nitrogen and oxygen atoms in total. The quantitative estimate of drug-likeness (QED) is 0.506. The molecule has 110 valence electrons. The third-order valence-electron chi connectivity index (χ3n) is 2.84. The lowest BCUT2D eigenvalue weighted by Gasteiger charge is -2.34. The minimum absolute atomic E-state index is 0.205. The van der Waals surface area contributed by atoms with E-state index < -0.39 is 29.6 Å². The normalized spacial score (nSPS) is 12.6. The van der Waals surface area contributed by atoms with Crippen LogP contribution in [0.1, 0.15) is 26.7 Å². The lowest BCUT2D eigenvalue weighted by Crippen LogP contribution is -2.55. The van der Waals surface area contributed by atoms with E-state index in [1.807, 2.05) is 0 Å². The first-order valence-electron chi connectivity index (χ1n) is 5.71. The lowest BCUT2D eigenvalue weighted by molar-refractivity contribution is -0.140. The van der Waals surface area contributed by atoms with Crippen LogP contribution in [0.2, 0.25) is 0 Å². The Balaban J connectivity index is 4.64. The summed E-state index contributed by atoms with van der Waals surface area (Å²) in [5, 5.41) is 28.7. The molecule has 0 aliphatic rings. The van der Waals surface area contributed by atoms with E-state index in [0.717, 1.165) is 0 Å². The lowest BCUT2D eigenvalue weighted by atomic mass is 10.1. The average molecular weight is 276 g/mol. The molecule has 19 heavy (non-hydrogen) atoms. The van der Waals surface area contributed by atoms with Gasteiger partial charge in [0, 0.05) is 13.5 Å². The fourth-order valence-corrected chi connectivity index (χ4v) is 1.15. The first kappa shape index (κ1) is 17.2. The topological polar surface area (TPSA) is 127 Å². The van der Waals surface area contributed by atoms with Gasteiger partial charge in [0.15, 0.2) is 0 Å². The number of amides is 2. The largest absolute Gasteiger partial charge is 0.481 e. The van der Waals surface area contributed by atoms with Crippen molar-refractivity contribution in [3.8, 4) is 0 Å². The second-order valence-corrected chi connectivity index (χ2v) is 4.80. The molecule has 1 atom stereocenters. The number of hydrogen-bond acceptors (Lipinski definition) is 4. The van der Waals surface area contributed by atoms with Crippen LogP contribution in [-0.2, 0) is 9.59 Å². The zero-order valence-electron chi connectivity index (χ0n) is 11.2. The summed E-state index contributed by atoms with van der Waals surface area (Å²) in [6.07, 6.45) is -0.561. The zero-order valence-corrected chi connectivity index (χ0v) is 11.2. The molecule has 0 saturated carbocycles.